The minimum absolute atomic E-state index is 0.260. The van der Waals surface area contributed by atoms with Crippen molar-refractivity contribution in [2.45, 2.75) is 19.6 Å². The van der Waals surface area contributed by atoms with Gasteiger partial charge in [-0.1, -0.05) is 48.5 Å². The van der Waals surface area contributed by atoms with Crippen molar-refractivity contribution in [3.05, 3.63) is 133 Å². The fourth-order valence-corrected chi connectivity index (χ4v) is 11.7. The topological polar surface area (TPSA) is 270 Å². The number of aromatic amines is 2. The molecule has 8 rings (SSSR count). The van der Waals surface area contributed by atoms with E-state index in [0.29, 0.717) is 39.1 Å². The molecular weight excluding hydrogens is 849 g/mol. The van der Waals surface area contributed by atoms with Crippen molar-refractivity contribution < 1.29 is 33.7 Å². The monoisotopic (exact) mass is 884 g/mol. The van der Waals surface area contributed by atoms with Crippen LogP contribution in [0.4, 0.5) is 22.7 Å². The number of nitrogens with zero attached hydrogens (tertiary/aromatic N) is 2. The van der Waals surface area contributed by atoms with Crippen LogP contribution in [0.15, 0.2) is 153 Å². The highest BCUT2D eigenvalue weighted by Gasteiger charge is 2.25. The third kappa shape index (κ3) is 8.81. The minimum Gasteiger partial charge on any atom is -0.399 e. The highest BCUT2D eigenvalue weighted by molar-refractivity contribution is 7.95. The zero-order valence-electron chi connectivity index (χ0n) is 31.6. The lowest BCUT2D eigenvalue weighted by atomic mass is 10.1. The fourth-order valence-electron chi connectivity index (χ4n) is 6.30. The maximum atomic E-state index is 12.9. The molecule has 0 unspecified atom stereocenters. The van der Waals surface area contributed by atoms with E-state index in [-0.39, 0.29) is 31.0 Å². The predicted octanol–water partition coefficient (Wildman–Crippen LogP) is 6.03. The molecule has 0 aliphatic carbocycles. The predicted molar refractivity (Wildman–Crippen MR) is 233 cm³/mol. The van der Waals surface area contributed by atoms with E-state index in [9.17, 15) is 33.7 Å². The SMILES string of the molecule is CS(=O)(=O)c1ccccc1S(=O)(=O)Nc1ccc2[nH]nc(-c3ccc(N)cc3)c2c1.CS(=O)(=O)c1ccccc1S(=O)(=O)Nc1ccc2[nH]nc(-c3cccc(N)c3)c2c1. The van der Waals surface area contributed by atoms with Crippen LogP contribution in [0.1, 0.15) is 0 Å². The lowest BCUT2D eigenvalue weighted by molar-refractivity contribution is 0.588. The fraction of sp³-hybridized carbons (Fsp3) is 0.0500. The van der Waals surface area contributed by atoms with Crippen LogP contribution < -0.4 is 20.9 Å². The Morgan fingerprint density at radius 3 is 1.32 bits per heavy atom. The van der Waals surface area contributed by atoms with E-state index >= 15 is 0 Å². The summed E-state index contributed by atoms with van der Waals surface area (Å²) in [6.07, 6.45) is 1.94. The zero-order chi connectivity index (χ0) is 43.0. The summed E-state index contributed by atoms with van der Waals surface area (Å²) in [4.78, 5) is -1.14. The third-order valence-corrected chi connectivity index (χ3v) is 14.5. The van der Waals surface area contributed by atoms with Gasteiger partial charge < -0.3 is 11.5 Å². The Labute approximate surface area is 345 Å². The first-order valence-corrected chi connectivity index (χ1v) is 24.4. The molecule has 6 aromatic carbocycles. The first-order chi connectivity index (χ1) is 28.3. The molecule has 0 saturated heterocycles. The van der Waals surface area contributed by atoms with Crippen molar-refractivity contribution in [1.82, 2.24) is 20.4 Å². The number of fused-ring (bicyclic) bond motifs is 2. The molecule has 20 heteroatoms. The van der Waals surface area contributed by atoms with Crippen LogP contribution in [-0.2, 0) is 39.7 Å². The second-order valence-corrected chi connectivity index (χ2v) is 20.8. The average Bonchev–Trinajstić information content (AvgIpc) is 3.82. The lowest BCUT2D eigenvalue weighted by Gasteiger charge is -2.11. The smallest absolute Gasteiger partial charge is 0.263 e. The van der Waals surface area contributed by atoms with Crippen LogP contribution >= 0.6 is 0 Å². The van der Waals surface area contributed by atoms with Gasteiger partial charge in [0, 0.05) is 57.2 Å². The number of nitrogens with two attached hydrogens (primary N) is 2. The molecule has 0 amide bonds. The molecule has 0 atom stereocenters. The summed E-state index contributed by atoms with van der Waals surface area (Å²) in [5, 5.41) is 15.8. The number of hydrogen-bond acceptors (Lipinski definition) is 12. The Balaban J connectivity index is 0.000000181. The summed E-state index contributed by atoms with van der Waals surface area (Å²) in [5.74, 6) is 0. The van der Waals surface area contributed by atoms with Crippen molar-refractivity contribution in [3.63, 3.8) is 0 Å². The van der Waals surface area contributed by atoms with Crippen LogP contribution in [0.25, 0.3) is 44.3 Å². The molecule has 8 N–H and O–H groups in total. The molecule has 60 heavy (non-hydrogen) atoms. The molecule has 308 valence electrons. The molecule has 2 heterocycles. The number of nitrogen functional groups attached to an aromatic ring is 2. The van der Waals surface area contributed by atoms with Crippen LogP contribution in [0.2, 0.25) is 0 Å². The number of aromatic nitrogens is 4. The Kier molecular flexibility index (Phi) is 10.9. The Morgan fingerprint density at radius 2 is 0.883 bits per heavy atom. The van der Waals surface area contributed by atoms with Crippen LogP contribution in [0.3, 0.4) is 0 Å². The van der Waals surface area contributed by atoms with Gasteiger partial charge in [-0.25, -0.2) is 33.7 Å². The van der Waals surface area contributed by atoms with Crippen molar-refractivity contribution in [2.75, 3.05) is 33.4 Å². The van der Waals surface area contributed by atoms with Crippen LogP contribution in [-0.4, -0.2) is 66.6 Å². The van der Waals surface area contributed by atoms with Gasteiger partial charge in [0.2, 0.25) is 0 Å². The van der Waals surface area contributed by atoms with Crippen molar-refractivity contribution in [1.29, 1.82) is 0 Å². The Hall–Kier alpha value is -6.74. The number of anilines is 4. The molecular formula is C40H36N8O8S4. The minimum atomic E-state index is -4.14. The summed E-state index contributed by atoms with van der Waals surface area (Å²) in [6.45, 7) is 0. The maximum Gasteiger partial charge on any atom is 0.263 e. The Bertz CT molecular complexity index is 3390. The largest absolute Gasteiger partial charge is 0.399 e. The molecule has 0 bridgehead atoms. The van der Waals surface area contributed by atoms with E-state index in [4.69, 9.17) is 11.5 Å². The van der Waals surface area contributed by atoms with Gasteiger partial charge in [0.1, 0.15) is 15.5 Å². The normalized spacial score (nSPS) is 12.2. The summed E-state index contributed by atoms with van der Waals surface area (Å²) in [6, 6.07) is 35.1. The second-order valence-electron chi connectivity index (χ2n) is 13.6. The van der Waals surface area contributed by atoms with Gasteiger partial charge in [-0.15, -0.1) is 0 Å². The summed E-state index contributed by atoms with van der Waals surface area (Å²) in [7, 11) is -15.7. The van der Waals surface area contributed by atoms with Crippen molar-refractivity contribution in [2.24, 2.45) is 0 Å². The van der Waals surface area contributed by atoms with Crippen LogP contribution in [0, 0.1) is 0 Å². The molecule has 8 aromatic rings. The molecule has 0 aliphatic rings. The van der Waals surface area contributed by atoms with Gasteiger partial charge in [0.25, 0.3) is 20.0 Å². The van der Waals surface area contributed by atoms with Gasteiger partial charge in [-0.3, -0.25) is 19.6 Å². The number of nitrogens with one attached hydrogen (secondary N) is 4. The number of H-pyrrole nitrogens is 2. The van der Waals surface area contributed by atoms with Gasteiger partial charge >= 0.3 is 0 Å². The molecule has 2 aromatic heterocycles. The highest BCUT2D eigenvalue weighted by atomic mass is 32.2. The lowest BCUT2D eigenvalue weighted by Crippen LogP contribution is -2.16. The van der Waals surface area contributed by atoms with Gasteiger partial charge in [0.05, 0.1) is 26.5 Å². The summed E-state index contributed by atoms with van der Waals surface area (Å²) < 4.78 is 105. The number of hydrogen-bond donors (Lipinski definition) is 6. The average molecular weight is 885 g/mol. The number of rotatable bonds is 10. The van der Waals surface area contributed by atoms with E-state index < -0.39 is 39.7 Å². The van der Waals surface area contributed by atoms with Crippen LogP contribution in [0.5, 0.6) is 0 Å². The van der Waals surface area contributed by atoms with Crippen molar-refractivity contribution >= 4 is 84.3 Å². The molecule has 0 spiro atoms. The zero-order valence-corrected chi connectivity index (χ0v) is 34.9. The van der Waals surface area contributed by atoms with Gasteiger partial charge in [0.15, 0.2) is 19.7 Å². The van der Waals surface area contributed by atoms with Crippen molar-refractivity contribution in [3.8, 4) is 22.5 Å². The van der Waals surface area contributed by atoms with E-state index in [1.54, 1.807) is 66.7 Å². The third-order valence-electron chi connectivity index (χ3n) is 9.05. The first kappa shape index (κ1) is 41.4. The number of benzene rings is 6. The Morgan fingerprint density at radius 1 is 0.450 bits per heavy atom. The van der Waals surface area contributed by atoms with Gasteiger partial charge in [-0.05, 0) is 84.9 Å². The second kappa shape index (κ2) is 15.8. The quantitative estimate of drug-likeness (QED) is 0.0860. The molecule has 0 saturated carbocycles. The summed E-state index contributed by atoms with van der Waals surface area (Å²) in [5.41, 5.74) is 17.7. The standard InChI is InChI=1S/2C20H18N4O4S2/c1-29(25,26)18-7-2-3-8-19(18)30(27,28)24-15-9-10-17-16(12-15)20(23-22-17)13-5-4-6-14(21)11-13;1-29(25,26)18-4-2-3-5-19(18)30(27,28)24-15-10-11-17-16(12-15)20(23-22-17)13-6-8-14(21)9-7-13/h2*2-12,24H,21H2,1H3,(H,22,23). The number of sulfonamides is 2. The van der Waals surface area contributed by atoms with E-state index in [1.807, 2.05) is 18.2 Å². The van der Waals surface area contributed by atoms with E-state index in [1.165, 1.54) is 48.5 Å². The molecule has 16 nitrogen and oxygen atoms in total. The van der Waals surface area contributed by atoms with E-state index in [2.05, 4.69) is 29.8 Å². The molecule has 0 radical (unpaired) electrons. The molecule has 0 fully saturated rings. The molecule has 0 aliphatic heterocycles. The maximum absolute atomic E-state index is 12.9. The summed E-state index contributed by atoms with van der Waals surface area (Å²) >= 11 is 0. The number of sulfone groups is 2. The van der Waals surface area contributed by atoms with Gasteiger partial charge in [-0.2, -0.15) is 10.2 Å². The highest BCUT2D eigenvalue weighted by Crippen LogP contribution is 2.33. The van der Waals surface area contributed by atoms with E-state index in [0.717, 1.165) is 29.2 Å². The first-order valence-electron chi connectivity index (χ1n) is 17.6.